The Morgan fingerprint density at radius 1 is 0.527 bits per heavy atom. The van der Waals surface area contributed by atoms with Gasteiger partial charge in [0.25, 0.3) is 0 Å². The first-order chi connectivity index (χ1) is 26.7. The number of hydrogen-bond donors (Lipinski definition) is 0. The van der Waals surface area contributed by atoms with Crippen molar-refractivity contribution in [1.82, 2.24) is 9.55 Å². The van der Waals surface area contributed by atoms with Crippen molar-refractivity contribution in [3.8, 4) is 16.9 Å². The normalized spacial score (nSPS) is 13.1. The third-order valence-electron chi connectivity index (χ3n) is 11.7. The van der Waals surface area contributed by atoms with Crippen LogP contribution < -0.4 is 20.2 Å². The van der Waals surface area contributed by atoms with Crippen LogP contribution in [0.2, 0.25) is 13.1 Å². The van der Waals surface area contributed by atoms with E-state index in [-0.39, 0.29) is 0 Å². The van der Waals surface area contributed by atoms with Crippen molar-refractivity contribution in [2.24, 2.45) is 0 Å². The molecule has 0 bridgehead atoms. The topological polar surface area (TPSA) is 24.3 Å². The lowest BCUT2D eigenvalue weighted by atomic mass is 9.85. The van der Waals surface area contributed by atoms with Crippen LogP contribution in [-0.4, -0.2) is 24.3 Å². The maximum Gasteiger partial charge on any atom is 0.138 e. The molecular formula is C50H48N4Si. The number of aromatic nitrogens is 2. The minimum atomic E-state index is -2.18. The summed E-state index contributed by atoms with van der Waals surface area (Å²) in [7, 11) is -2.18. The molecule has 6 aromatic carbocycles. The van der Waals surface area contributed by atoms with Crippen molar-refractivity contribution in [2.45, 2.75) is 52.6 Å². The molecule has 55 heavy (non-hydrogen) atoms. The molecule has 0 radical (unpaired) electrons. The predicted molar refractivity (Wildman–Crippen MR) is 237 cm³/mol. The molecular weight excluding hydrogens is 685 g/mol. The van der Waals surface area contributed by atoms with Gasteiger partial charge in [0.05, 0.1) is 22.4 Å². The number of hydrogen-bond acceptors (Lipinski definition) is 3. The lowest BCUT2D eigenvalue weighted by Gasteiger charge is -2.27. The van der Waals surface area contributed by atoms with Crippen molar-refractivity contribution in [3.63, 3.8) is 0 Å². The van der Waals surface area contributed by atoms with E-state index in [0.29, 0.717) is 11.8 Å². The van der Waals surface area contributed by atoms with Crippen molar-refractivity contribution in [2.75, 3.05) is 16.5 Å². The largest absolute Gasteiger partial charge is 0.321 e. The Labute approximate surface area is 326 Å². The van der Waals surface area contributed by atoms with Gasteiger partial charge in [-0.3, -0.25) is 4.57 Å². The summed E-state index contributed by atoms with van der Waals surface area (Å²) in [4.78, 5) is 9.94. The van der Waals surface area contributed by atoms with Crippen LogP contribution in [0.3, 0.4) is 0 Å². The second-order valence-electron chi connectivity index (χ2n) is 16.1. The summed E-state index contributed by atoms with van der Waals surface area (Å²) in [6, 6.07) is 56.1. The average molecular weight is 733 g/mol. The summed E-state index contributed by atoms with van der Waals surface area (Å²) in [5.41, 5.74) is 12.6. The molecule has 1 aliphatic rings. The summed E-state index contributed by atoms with van der Waals surface area (Å²) in [5, 5.41) is 5.32. The van der Waals surface area contributed by atoms with Crippen LogP contribution in [-0.2, 0) is 0 Å². The van der Waals surface area contributed by atoms with Gasteiger partial charge in [-0.1, -0.05) is 142 Å². The predicted octanol–water partition coefficient (Wildman–Crippen LogP) is 12.2. The number of para-hydroxylation sites is 4. The van der Waals surface area contributed by atoms with Gasteiger partial charge in [-0.25, -0.2) is 4.98 Å². The van der Waals surface area contributed by atoms with Crippen LogP contribution in [0.4, 0.5) is 22.7 Å². The van der Waals surface area contributed by atoms with E-state index in [0.717, 1.165) is 12.5 Å². The molecule has 5 heteroatoms. The number of benzene rings is 6. The van der Waals surface area contributed by atoms with Crippen LogP contribution in [0.5, 0.6) is 0 Å². The number of nitrogens with zero attached hydrogens (tertiary/aromatic N) is 4. The van der Waals surface area contributed by atoms with Crippen LogP contribution in [0.15, 0.2) is 158 Å². The quantitative estimate of drug-likeness (QED) is 0.145. The molecule has 3 heterocycles. The zero-order valence-electron chi connectivity index (χ0n) is 32.7. The van der Waals surface area contributed by atoms with E-state index < -0.39 is 8.07 Å². The summed E-state index contributed by atoms with van der Waals surface area (Å²) in [6.45, 7) is 14.9. The number of fused-ring (bicyclic) bond motifs is 4. The minimum Gasteiger partial charge on any atom is -0.321 e. The second-order valence-corrected chi connectivity index (χ2v) is 20.5. The number of pyridine rings is 1. The molecule has 0 aliphatic carbocycles. The van der Waals surface area contributed by atoms with Crippen LogP contribution in [0, 0.1) is 0 Å². The zero-order valence-corrected chi connectivity index (χ0v) is 33.7. The van der Waals surface area contributed by atoms with E-state index >= 15 is 0 Å². The van der Waals surface area contributed by atoms with Gasteiger partial charge in [0, 0.05) is 28.3 Å². The molecule has 0 unspecified atom stereocenters. The van der Waals surface area contributed by atoms with Crippen LogP contribution >= 0.6 is 0 Å². The van der Waals surface area contributed by atoms with E-state index in [1.54, 1.807) is 0 Å². The maximum absolute atomic E-state index is 5.07. The highest BCUT2D eigenvalue weighted by atomic mass is 28.3. The SMILES string of the molecule is CC(C)c1cccc(C(C)C)c1-c1ccnc(-n2c3ccccc3c3ccc([Si](C)(C)c4cccc(N5CN(c6ccccc6)c6ccccc65)c4)cc32)c1. The molecule has 1 aliphatic heterocycles. The van der Waals surface area contributed by atoms with Gasteiger partial charge >= 0.3 is 0 Å². The van der Waals surface area contributed by atoms with Gasteiger partial charge in [-0.2, -0.15) is 0 Å². The third kappa shape index (κ3) is 5.94. The molecule has 0 atom stereocenters. The van der Waals surface area contributed by atoms with Gasteiger partial charge in [-0.15, -0.1) is 0 Å². The molecule has 8 aromatic rings. The molecule has 0 N–H and O–H groups in total. The fourth-order valence-electron chi connectivity index (χ4n) is 8.68. The highest BCUT2D eigenvalue weighted by molar-refractivity contribution is 7.00. The average Bonchev–Trinajstić information content (AvgIpc) is 3.77. The summed E-state index contributed by atoms with van der Waals surface area (Å²) in [5.74, 6) is 1.77. The Hall–Kier alpha value is -5.91. The monoisotopic (exact) mass is 732 g/mol. The fraction of sp³-hybridized carbons (Fsp3) is 0.180. The van der Waals surface area contributed by atoms with E-state index in [2.05, 4.69) is 207 Å². The van der Waals surface area contributed by atoms with E-state index in [4.69, 9.17) is 4.98 Å². The highest BCUT2D eigenvalue weighted by Crippen LogP contribution is 2.44. The van der Waals surface area contributed by atoms with E-state index in [9.17, 15) is 0 Å². The molecule has 0 amide bonds. The Morgan fingerprint density at radius 3 is 1.85 bits per heavy atom. The Bertz CT molecular complexity index is 2660. The molecule has 9 rings (SSSR count). The molecule has 0 saturated heterocycles. The summed E-state index contributed by atoms with van der Waals surface area (Å²) >= 11 is 0. The molecule has 0 saturated carbocycles. The first-order valence-corrected chi connectivity index (χ1v) is 22.6. The van der Waals surface area contributed by atoms with Gasteiger partial charge < -0.3 is 9.80 Å². The summed E-state index contributed by atoms with van der Waals surface area (Å²) < 4.78 is 2.39. The van der Waals surface area contributed by atoms with Gasteiger partial charge in [-0.05, 0) is 94.8 Å². The van der Waals surface area contributed by atoms with E-state index in [1.165, 1.54) is 77.2 Å². The third-order valence-corrected chi connectivity index (χ3v) is 15.2. The number of rotatable bonds is 8. The molecule has 4 nitrogen and oxygen atoms in total. The van der Waals surface area contributed by atoms with Crippen molar-refractivity contribution in [3.05, 3.63) is 169 Å². The second kappa shape index (κ2) is 13.7. The maximum atomic E-state index is 5.07. The first-order valence-electron chi connectivity index (χ1n) is 19.6. The fourth-order valence-corrected chi connectivity index (χ4v) is 11.0. The van der Waals surface area contributed by atoms with E-state index in [1.807, 2.05) is 6.20 Å². The van der Waals surface area contributed by atoms with Gasteiger partial charge in [0.15, 0.2) is 0 Å². The minimum absolute atomic E-state index is 0.412. The Kier molecular flexibility index (Phi) is 8.70. The first kappa shape index (κ1) is 34.8. The van der Waals surface area contributed by atoms with Crippen LogP contribution in [0.25, 0.3) is 38.8 Å². The van der Waals surface area contributed by atoms with Crippen molar-refractivity contribution < 1.29 is 0 Å². The molecule has 2 aromatic heterocycles. The molecule has 272 valence electrons. The van der Waals surface area contributed by atoms with Gasteiger partial charge in [0.1, 0.15) is 20.6 Å². The lowest BCUT2D eigenvalue weighted by molar-refractivity contribution is 0.838. The van der Waals surface area contributed by atoms with Gasteiger partial charge in [0.2, 0.25) is 0 Å². The smallest absolute Gasteiger partial charge is 0.138 e. The van der Waals surface area contributed by atoms with Crippen LogP contribution in [0.1, 0.15) is 50.7 Å². The highest BCUT2D eigenvalue weighted by Gasteiger charge is 2.31. The number of anilines is 4. The van der Waals surface area contributed by atoms with Crippen molar-refractivity contribution >= 4 is 63.0 Å². The molecule has 0 spiro atoms. The summed E-state index contributed by atoms with van der Waals surface area (Å²) in [6.07, 6.45) is 2.00. The zero-order chi connectivity index (χ0) is 37.8. The molecule has 0 fully saturated rings. The Balaban J connectivity index is 1.15. The lowest BCUT2D eigenvalue weighted by Crippen LogP contribution is -2.53. The Morgan fingerprint density at radius 2 is 1.13 bits per heavy atom. The van der Waals surface area contributed by atoms with Crippen molar-refractivity contribution in [1.29, 1.82) is 0 Å². The standard InChI is InChI=1S/C50H48N4Si/c1-34(2)41-21-15-22-42(35(3)4)50(41)36-28-29-51-49(30-36)54-45-23-11-10-20-43(45)44-27-26-40(32-48(44)54)55(5,6)39-19-14-18-38(31-39)53-33-52(37-16-8-7-9-17-37)46-24-12-13-25-47(46)53/h7-32,34-35H,33H2,1-6H3.